The largest absolute Gasteiger partial charge is 0.452 e. The topological polar surface area (TPSA) is 103 Å². The van der Waals surface area contributed by atoms with Crippen molar-refractivity contribution < 1.29 is 26.9 Å². The van der Waals surface area contributed by atoms with Crippen molar-refractivity contribution in [2.75, 3.05) is 13.1 Å². The first kappa shape index (κ1) is 22.0. The SMILES string of the molecule is CCN(CC)S(=O)(=O)c1ccc(F)c(C(=O)OCc2nc(CC(C)C)no2)c1. The van der Waals surface area contributed by atoms with Crippen molar-refractivity contribution in [2.45, 2.75) is 45.6 Å². The second-order valence-corrected chi connectivity index (χ2v) is 8.45. The molecule has 0 fully saturated rings. The van der Waals surface area contributed by atoms with Crippen LogP contribution < -0.4 is 0 Å². The predicted molar refractivity (Wildman–Crippen MR) is 98.5 cm³/mol. The molecule has 0 aliphatic heterocycles. The molecular formula is C18H24FN3O5S. The molecule has 2 aromatic rings. The van der Waals surface area contributed by atoms with Gasteiger partial charge in [-0.25, -0.2) is 17.6 Å². The molecule has 154 valence electrons. The van der Waals surface area contributed by atoms with Crippen LogP contribution in [-0.2, 0) is 27.8 Å². The zero-order valence-corrected chi connectivity index (χ0v) is 17.1. The van der Waals surface area contributed by atoms with E-state index >= 15 is 0 Å². The molecule has 0 amide bonds. The summed E-state index contributed by atoms with van der Waals surface area (Å²) in [6, 6.07) is 3.03. The van der Waals surface area contributed by atoms with Crippen molar-refractivity contribution in [1.82, 2.24) is 14.4 Å². The Labute approximate surface area is 163 Å². The van der Waals surface area contributed by atoms with Gasteiger partial charge in [0, 0.05) is 19.5 Å². The summed E-state index contributed by atoms with van der Waals surface area (Å²) in [5.74, 6) is -0.999. The molecule has 0 spiro atoms. The minimum Gasteiger partial charge on any atom is -0.452 e. The van der Waals surface area contributed by atoms with E-state index in [1.54, 1.807) is 13.8 Å². The summed E-state index contributed by atoms with van der Waals surface area (Å²) < 4.78 is 50.4. The van der Waals surface area contributed by atoms with E-state index in [9.17, 15) is 17.6 Å². The normalized spacial score (nSPS) is 12.0. The van der Waals surface area contributed by atoms with Crippen LogP contribution in [0.4, 0.5) is 4.39 Å². The van der Waals surface area contributed by atoms with Gasteiger partial charge >= 0.3 is 5.97 Å². The van der Waals surface area contributed by atoms with Gasteiger partial charge in [-0.15, -0.1) is 0 Å². The highest BCUT2D eigenvalue weighted by molar-refractivity contribution is 7.89. The monoisotopic (exact) mass is 413 g/mol. The summed E-state index contributed by atoms with van der Waals surface area (Å²) in [5, 5.41) is 3.77. The van der Waals surface area contributed by atoms with Gasteiger partial charge in [0.25, 0.3) is 5.89 Å². The summed E-state index contributed by atoms with van der Waals surface area (Å²) >= 11 is 0. The number of esters is 1. The highest BCUT2D eigenvalue weighted by atomic mass is 32.2. The lowest BCUT2D eigenvalue weighted by molar-refractivity contribution is 0.0424. The zero-order chi connectivity index (χ0) is 20.9. The first-order valence-electron chi connectivity index (χ1n) is 8.97. The maximum Gasteiger partial charge on any atom is 0.341 e. The third-order valence-corrected chi connectivity index (χ3v) is 5.97. The summed E-state index contributed by atoms with van der Waals surface area (Å²) in [7, 11) is -3.83. The van der Waals surface area contributed by atoms with Crippen LogP contribution in [-0.4, -0.2) is 41.9 Å². The van der Waals surface area contributed by atoms with Gasteiger partial charge in [0.2, 0.25) is 10.0 Å². The van der Waals surface area contributed by atoms with E-state index in [1.807, 2.05) is 13.8 Å². The molecular weight excluding hydrogens is 389 g/mol. The lowest BCUT2D eigenvalue weighted by atomic mass is 10.1. The number of ether oxygens (including phenoxy) is 1. The molecule has 0 aliphatic carbocycles. The fraction of sp³-hybridized carbons (Fsp3) is 0.500. The maximum absolute atomic E-state index is 14.1. The quantitative estimate of drug-likeness (QED) is 0.582. The second kappa shape index (κ2) is 9.24. The lowest BCUT2D eigenvalue weighted by Crippen LogP contribution is -2.30. The number of carbonyl (C=O) groups excluding carboxylic acids is 1. The standard InChI is InChI=1S/C18H24FN3O5S/c1-5-22(6-2)28(24,25)13-7-8-15(19)14(10-13)18(23)26-11-17-20-16(21-27-17)9-12(3)4/h7-8,10,12H,5-6,9,11H2,1-4H3. The minimum atomic E-state index is -3.83. The fourth-order valence-corrected chi connectivity index (χ4v) is 4.02. The van der Waals surface area contributed by atoms with E-state index in [0.717, 1.165) is 18.2 Å². The molecule has 0 aliphatic rings. The molecule has 0 radical (unpaired) electrons. The van der Waals surface area contributed by atoms with E-state index in [1.165, 1.54) is 4.31 Å². The van der Waals surface area contributed by atoms with Gasteiger partial charge in [0.15, 0.2) is 12.4 Å². The molecule has 10 heteroatoms. The number of halogens is 1. The number of aromatic nitrogens is 2. The Morgan fingerprint density at radius 2 is 1.96 bits per heavy atom. The Balaban J connectivity index is 2.16. The molecule has 8 nitrogen and oxygen atoms in total. The third-order valence-electron chi connectivity index (χ3n) is 3.93. The van der Waals surface area contributed by atoms with E-state index in [-0.39, 0.29) is 30.5 Å². The summed E-state index contributed by atoms with van der Waals surface area (Å²) in [5.41, 5.74) is -0.477. The highest BCUT2D eigenvalue weighted by Crippen LogP contribution is 2.20. The van der Waals surface area contributed by atoms with E-state index < -0.39 is 27.4 Å². The van der Waals surface area contributed by atoms with Gasteiger partial charge < -0.3 is 9.26 Å². The molecule has 2 rings (SSSR count). The van der Waals surface area contributed by atoms with Crippen LogP contribution in [0.1, 0.15) is 49.8 Å². The third kappa shape index (κ3) is 5.14. The average molecular weight is 413 g/mol. The number of carbonyl (C=O) groups is 1. The lowest BCUT2D eigenvalue weighted by Gasteiger charge is -2.18. The van der Waals surface area contributed by atoms with Gasteiger partial charge in [0.05, 0.1) is 10.5 Å². The molecule has 28 heavy (non-hydrogen) atoms. The predicted octanol–water partition coefficient (Wildman–Crippen LogP) is 2.79. The van der Waals surface area contributed by atoms with Crippen LogP contribution in [0.5, 0.6) is 0 Å². The molecule has 0 N–H and O–H groups in total. The zero-order valence-electron chi connectivity index (χ0n) is 16.3. The first-order chi connectivity index (χ1) is 13.2. The number of sulfonamides is 1. The molecule has 1 aromatic heterocycles. The second-order valence-electron chi connectivity index (χ2n) is 6.51. The molecule has 0 saturated carbocycles. The number of hydrogen-bond acceptors (Lipinski definition) is 7. The van der Waals surface area contributed by atoms with Crippen LogP contribution in [0.3, 0.4) is 0 Å². The molecule has 0 bridgehead atoms. The van der Waals surface area contributed by atoms with Crippen molar-refractivity contribution in [3.63, 3.8) is 0 Å². The smallest absolute Gasteiger partial charge is 0.341 e. The number of rotatable bonds is 9. The van der Waals surface area contributed by atoms with Crippen molar-refractivity contribution in [3.05, 3.63) is 41.3 Å². The molecule has 1 heterocycles. The summed E-state index contributed by atoms with van der Waals surface area (Å²) in [6.45, 7) is 7.56. The Morgan fingerprint density at radius 3 is 2.57 bits per heavy atom. The van der Waals surface area contributed by atoms with E-state index in [2.05, 4.69) is 10.1 Å². The Kier molecular flexibility index (Phi) is 7.25. The van der Waals surface area contributed by atoms with E-state index in [0.29, 0.717) is 18.2 Å². The van der Waals surface area contributed by atoms with Gasteiger partial charge in [-0.3, -0.25) is 0 Å². The van der Waals surface area contributed by atoms with Crippen LogP contribution in [0.25, 0.3) is 0 Å². The van der Waals surface area contributed by atoms with Crippen molar-refractivity contribution >= 4 is 16.0 Å². The van der Waals surface area contributed by atoms with Crippen molar-refractivity contribution in [3.8, 4) is 0 Å². The van der Waals surface area contributed by atoms with Gasteiger partial charge in [-0.2, -0.15) is 9.29 Å². The number of benzene rings is 1. The Bertz CT molecular complexity index is 923. The number of hydrogen-bond donors (Lipinski definition) is 0. The Hall–Kier alpha value is -2.33. The van der Waals surface area contributed by atoms with Crippen molar-refractivity contribution in [1.29, 1.82) is 0 Å². The van der Waals surface area contributed by atoms with Crippen LogP contribution in [0.15, 0.2) is 27.6 Å². The van der Waals surface area contributed by atoms with Crippen LogP contribution in [0, 0.1) is 11.7 Å². The average Bonchev–Trinajstić information content (AvgIpc) is 3.07. The minimum absolute atomic E-state index is 0.0799. The first-order valence-corrected chi connectivity index (χ1v) is 10.4. The fourth-order valence-electron chi connectivity index (χ4n) is 2.54. The summed E-state index contributed by atoms with van der Waals surface area (Å²) in [6.07, 6.45) is 0.608. The van der Waals surface area contributed by atoms with Crippen LogP contribution in [0.2, 0.25) is 0 Å². The molecule has 1 aromatic carbocycles. The van der Waals surface area contributed by atoms with Crippen LogP contribution >= 0.6 is 0 Å². The summed E-state index contributed by atoms with van der Waals surface area (Å²) in [4.78, 5) is 16.2. The molecule has 0 atom stereocenters. The van der Waals surface area contributed by atoms with E-state index in [4.69, 9.17) is 9.26 Å². The maximum atomic E-state index is 14.1. The van der Waals surface area contributed by atoms with Gasteiger partial charge in [0.1, 0.15) is 5.82 Å². The molecule has 0 saturated heterocycles. The van der Waals surface area contributed by atoms with Gasteiger partial charge in [-0.1, -0.05) is 32.9 Å². The van der Waals surface area contributed by atoms with Gasteiger partial charge in [-0.05, 0) is 24.1 Å². The number of nitrogens with zero attached hydrogens (tertiary/aromatic N) is 3. The molecule has 0 unspecified atom stereocenters. The Morgan fingerprint density at radius 1 is 1.29 bits per heavy atom. The highest BCUT2D eigenvalue weighted by Gasteiger charge is 2.25. The van der Waals surface area contributed by atoms with Crippen molar-refractivity contribution in [2.24, 2.45) is 5.92 Å².